The van der Waals surface area contributed by atoms with E-state index in [1.807, 2.05) is 0 Å². The molecule has 2 heterocycles. The van der Waals surface area contributed by atoms with Gasteiger partial charge in [0.2, 0.25) is 0 Å². The lowest BCUT2D eigenvalue weighted by atomic mass is 10.1. The number of rotatable bonds is 0. The lowest BCUT2D eigenvalue weighted by Gasteiger charge is -2.17. The first-order valence-electron chi connectivity index (χ1n) is 8.67. The standard InChI is InChI=1S/C21H17FN2O3/c22-16-6-3-14(4-7-16)1-2-15-5-8-17-18(13-15)23-19-9-10-21(26,27)11-12-24(19)20(17)25/h3-8,13,26-27H,9-12H2. The molecule has 5 nitrogen and oxygen atoms in total. The van der Waals surface area contributed by atoms with E-state index in [1.165, 1.54) is 16.7 Å². The molecule has 0 saturated carbocycles. The molecule has 2 N–H and O–H groups in total. The van der Waals surface area contributed by atoms with Crippen LogP contribution in [0.1, 0.15) is 29.8 Å². The number of benzene rings is 2. The number of halogens is 1. The van der Waals surface area contributed by atoms with Crippen molar-refractivity contribution in [3.63, 3.8) is 0 Å². The first kappa shape index (κ1) is 17.4. The van der Waals surface area contributed by atoms with E-state index in [4.69, 9.17) is 0 Å². The van der Waals surface area contributed by atoms with Crippen LogP contribution >= 0.6 is 0 Å². The van der Waals surface area contributed by atoms with Gasteiger partial charge in [0.25, 0.3) is 5.56 Å². The van der Waals surface area contributed by atoms with E-state index in [2.05, 4.69) is 16.8 Å². The molecule has 136 valence electrons. The molecule has 1 aliphatic rings. The Morgan fingerprint density at radius 2 is 1.74 bits per heavy atom. The monoisotopic (exact) mass is 364 g/mol. The zero-order valence-corrected chi connectivity index (χ0v) is 14.4. The number of hydrogen-bond acceptors (Lipinski definition) is 4. The molecule has 0 radical (unpaired) electrons. The third-order valence-corrected chi connectivity index (χ3v) is 4.71. The van der Waals surface area contributed by atoms with Crippen molar-refractivity contribution in [2.45, 2.75) is 31.6 Å². The summed E-state index contributed by atoms with van der Waals surface area (Å²) in [7, 11) is 0. The number of fused-ring (bicyclic) bond motifs is 2. The topological polar surface area (TPSA) is 75.4 Å². The lowest BCUT2D eigenvalue weighted by molar-refractivity contribution is -0.169. The van der Waals surface area contributed by atoms with Crippen LogP contribution in [0.5, 0.6) is 0 Å². The van der Waals surface area contributed by atoms with Crippen molar-refractivity contribution in [1.29, 1.82) is 0 Å². The van der Waals surface area contributed by atoms with Crippen LogP contribution in [0.3, 0.4) is 0 Å². The number of aryl methyl sites for hydroxylation is 1. The molecule has 0 saturated heterocycles. The van der Waals surface area contributed by atoms with Crippen LogP contribution in [-0.2, 0) is 13.0 Å². The van der Waals surface area contributed by atoms with Gasteiger partial charge in [-0.2, -0.15) is 0 Å². The summed E-state index contributed by atoms with van der Waals surface area (Å²) in [4.78, 5) is 17.3. The summed E-state index contributed by atoms with van der Waals surface area (Å²) in [5.41, 5.74) is 1.72. The van der Waals surface area contributed by atoms with Crippen molar-refractivity contribution in [2.24, 2.45) is 0 Å². The van der Waals surface area contributed by atoms with E-state index in [-0.39, 0.29) is 30.8 Å². The largest absolute Gasteiger partial charge is 0.366 e. The van der Waals surface area contributed by atoms with Gasteiger partial charge >= 0.3 is 0 Å². The molecule has 0 unspecified atom stereocenters. The highest BCUT2D eigenvalue weighted by Crippen LogP contribution is 2.21. The Hall–Kier alpha value is -3.01. The maximum absolute atomic E-state index is 13.0. The van der Waals surface area contributed by atoms with Gasteiger partial charge < -0.3 is 10.2 Å². The quantitative estimate of drug-likeness (QED) is 0.472. The molecule has 1 aromatic heterocycles. The SMILES string of the molecule is O=c1c2ccc(C#Cc3ccc(F)cc3)cc2nc2n1CCC(O)(O)CC2. The number of aliphatic hydroxyl groups is 2. The maximum Gasteiger partial charge on any atom is 0.261 e. The van der Waals surface area contributed by atoms with E-state index >= 15 is 0 Å². The third-order valence-electron chi connectivity index (χ3n) is 4.71. The van der Waals surface area contributed by atoms with Crippen molar-refractivity contribution in [1.82, 2.24) is 9.55 Å². The third kappa shape index (κ3) is 3.61. The zero-order chi connectivity index (χ0) is 19.0. The average Bonchev–Trinajstić information content (AvgIpc) is 2.80. The highest BCUT2D eigenvalue weighted by atomic mass is 19.1. The molecule has 6 heteroatoms. The van der Waals surface area contributed by atoms with Gasteiger partial charge in [-0.05, 0) is 42.5 Å². The Morgan fingerprint density at radius 3 is 2.52 bits per heavy atom. The van der Waals surface area contributed by atoms with Crippen molar-refractivity contribution < 1.29 is 14.6 Å². The molecular formula is C21H17FN2O3. The smallest absolute Gasteiger partial charge is 0.261 e. The Bertz CT molecular complexity index is 1140. The Morgan fingerprint density at radius 1 is 1.04 bits per heavy atom. The van der Waals surface area contributed by atoms with Crippen LogP contribution in [0.2, 0.25) is 0 Å². The van der Waals surface area contributed by atoms with Gasteiger partial charge in [-0.15, -0.1) is 0 Å². The van der Waals surface area contributed by atoms with Gasteiger partial charge in [-0.1, -0.05) is 11.8 Å². The van der Waals surface area contributed by atoms with Crippen LogP contribution in [-0.4, -0.2) is 25.6 Å². The predicted molar refractivity (Wildman–Crippen MR) is 98.5 cm³/mol. The molecule has 0 spiro atoms. The van der Waals surface area contributed by atoms with Gasteiger partial charge in [0.1, 0.15) is 11.6 Å². The van der Waals surface area contributed by atoms with Crippen LogP contribution in [0.15, 0.2) is 47.3 Å². The predicted octanol–water partition coefficient (Wildman–Crippen LogP) is 1.95. The molecule has 4 rings (SSSR count). The van der Waals surface area contributed by atoms with Crippen LogP contribution < -0.4 is 5.56 Å². The molecule has 0 amide bonds. The van der Waals surface area contributed by atoms with Gasteiger partial charge in [-0.3, -0.25) is 9.36 Å². The van der Waals surface area contributed by atoms with Crippen molar-refractivity contribution in [3.8, 4) is 11.8 Å². The summed E-state index contributed by atoms with van der Waals surface area (Å²) in [6.45, 7) is 0.218. The normalized spacial score (nSPS) is 15.5. The lowest BCUT2D eigenvalue weighted by Crippen LogP contribution is -2.29. The highest BCUT2D eigenvalue weighted by molar-refractivity contribution is 5.79. The molecular weight excluding hydrogens is 347 g/mol. The van der Waals surface area contributed by atoms with Gasteiger partial charge in [-0.25, -0.2) is 9.37 Å². The molecule has 27 heavy (non-hydrogen) atoms. The first-order valence-corrected chi connectivity index (χ1v) is 8.67. The second-order valence-electron chi connectivity index (χ2n) is 6.71. The van der Waals surface area contributed by atoms with Gasteiger partial charge in [0.05, 0.1) is 10.9 Å². The van der Waals surface area contributed by atoms with Crippen molar-refractivity contribution >= 4 is 10.9 Å². The van der Waals surface area contributed by atoms with Crippen molar-refractivity contribution in [3.05, 3.63) is 75.6 Å². The summed E-state index contributed by atoms with van der Waals surface area (Å²) in [6.07, 6.45) is 0.535. The van der Waals surface area contributed by atoms with E-state index in [0.717, 1.165) is 0 Å². The minimum atomic E-state index is -1.78. The van der Waals surface area contributed by atoms with Gasteiger partial charge in [0.15, 0.2) is 5.79 Å². The minimum Gasteiger partial charge on any atom is -0.366 e. The average molecular weight is 364 g/mol. The molecule has 0 aliphatic carbocycles. The number of hydrogen-bond donors (Lipinski definition) is 2. The molecule has 0 atom stereocenters. The van der Waals surface area contributed by atoms with E-state index in [9.17, 15) is 19.4 Å². The minimum absolute atomic E-state index is 0.0916. The molecule has 0 bridgehead atoms. The maximum atomic E-state index is 13.0. The number of aromatic nitrogens is 2. The fourth-order valence-corrected chi connectivity index (χ4v) is 3.17. The Balaban J connectivity index is 1.74. The summed E-state index contributed by atoms with van der Waals surface area (Å²) in [5, 5.41) is 20.2. The summed E-state index contributed by atoms with van der Waals surface area (Å²) >= 11 is 0. The van der Waals surface area contributed by atoms with E-state index in [0.29, 0.717) is 34.3 Å². The van der Waals surface area contributed by atoms with Crippen LogP contribution in [0, 0.1) is 17.7 Å². The molecule has 1 aliphatic heterocycles. The van der Waals surface area contributed by atoms with Crippen LogP contribution in [0.4, 0.5) is 4.39 Å². The number of nitrogens with zero attached hydrogens (tertiary/aromatic N) is 2. The highest BCUT2D eigenvalue weighted by Gasteiger charge is 2.28. The Kier molecular flexibility index (Phi) is 4.27. The first-order chi connectivity index (χ1) is 12.9. The van der Waals surface area contributed by atoms with Gasteiger partial charge in [0, 0.05) is 36.9 Å². The van der Waals surface area contributed by atoms with Crippen molar-refractivity contribution in [2.75, 3.05) is 0 Å². The zero-order valence-electron chi connectivity index (χ0n) is 14.4. The molecule has 3 aromatic rings. The summed E-state index contributed by atoms with van der Waals surface area (Å²) in [5.74, 6) is 4.40. The van der Waals surface area contributed by atoms with E-state index in [1.54, 1.807) is 30.3 Å². The second-order valence-corrected chi connectivity index (χ2v) is 6.71. The summed E-state index contributed by atoms with van der Waals surface area (Å²) in [6, 6.07) is 11.1. The fraction of sp³-hybridized carbons (Fsp3) is 0.238. The fourth-order valence-electron chi connectivity index (χ4n) is 3.17. The second kappa shape index (κ2) is 6.62. The van der Waals surface area contributed by atoms with E-state index < -0.39 is 5.79 Å². The van der Waals surface area contributed by atoms with Crippen LogP contribution in [0.25, 0.3) is 10.9 Å². The molecule has 2 aromatic carbocycles. The summed E-state index contributed by atoms with van der Waals surface area (Å²) < 4.78 is 14.5. The molecule has 0 fully saturated rings. The Labute approximate surface area is 154 Å².